The lowest BCUT2D eigenvalue weighted by molar-refractivity contribution is -0.120. The fourth-order valence-electron chi connectivity index (χ4n) is 3.35. The number of carbonyl (C=O) groups excluding carboxylic acids is 1. The Balaban J connectivity index is 1.51. The number of hydrogen-bond donors (Lipinski definition) is 2. The molecule has 1 heterocycles. The Labute approximate surface area is 160 Å². The van der Waals surface area contributed by atoms with E-state index in [4.69, 9.17) is 15.2 Å². The van der Waals surface area contributed by atoms with E-state index in [0.29, 0.717) is 24.6 Å². The Morgan fingerprint density at radius 3 is 2.44 bits per heavy atom. The van der Waals surface area contributed by atoms with Gasteiger partial charge in [-0.05, 0) is 30.0 Å². The molecule has 0 spiro atoms. The summed E-state index contributed by atoms with van der Waals surface area (Å²) < 4.78 is 10.7. The molecule has 2 aromatic carbocycles. The van der Waals surface area contributed by atoms with Gasteiger partial charge in [-0.1, -0.05) is 12.1 Å². The lowest BCUT2D eigenvalue weighted by Gasteiger charge is -2.20. The number of nitrogens with zero attached hydrogens (tertiary/aromatic N) is 1. The molecule has 27 heavy (non-hydrogen) atoms. The minimum atomic E-state index is 0.0428. The van der Waals surface area contributed by atoms with E-state index in [0.717, 1.165) is 42.3 Å². The Bertz CT molecular complexity index is 754. The van der Waals surface area contributed by atoms with Crippen LogP contribution in [0.3, 0.4) is 0 Å². The van der Waals surface area contributed by atoms with Crippen LogP contribution in [0.15, 0.2) is 42.5 Å². The Morgan fingerprint density at radius 1 is 1.15 bits per heavy atom. The summed E-state index contributed by atoms with van der Waals surface area (Å²) in [5, 5.41) is 3.06. The Morgan fingerprint density at radius 2 is 1.81 bits per heavy atom. The zero-order valence-corrected chi connectivity index (χ0v) is 15.9. The molecule has 1 saturated heterocycles. The van der Waals surface area contributed by atoms with E-state index in [1.165, 1.54) is 0 Å². The van der Waals surface area contributed by atoms with Crippen molar-refractivity contribution in [2.45, 2.75) is 12.8 Å². The second kappa shape index (κ2) is 8.66. The van der Waals surface area contributed by atoms with Gasteiger partial charge in [-0.2, -0.15) is 0 Å². The number of hydrogen-bond acceptors (Lipinski definition) is 5. The lowest BCUT2D eigenvalue weighted by Crippen LogP contribution is -2.32. The Hall–Kier alpha value is -2.89. The first-order chi connectivity index (χ1) is 13.1. The van der Waals surface area contributed by atoms with Gasteiger partial charge in [-0.15, -0.1) is 0 Å². The highest BCUT2D eigenvalue weighted by Crippen LogP contribution is 2.31. The molecule has 1 fully saturated rings. The molecule has 0 radical (unpaired) electrons. The van der Waals surface area contributed by atoms with Gasteiger partial charge in [0.15, 0.2) is 0 Å². The summed E-state index contributed by atoms with van der Waals surface area (Å²) in [5.74, 6) is 2.04. The fourth-order valence-corrected chi connectivity index (χ4v) is 3.35. The van der Waals surface area contributed by atoms with Crippen molar-refractivity contribution < 1.29 is 14.3 Å². The van der Waals surface area contributed by atoms with Gasteiger partial charge in [0, 0.05) is 49.2 Å². The van der Waals surface area contributed by atoms with E-state index < -0.39 is 0 Å². The first kappa shape index (κ1) is 18.9. The monoisotopic (exact) mass is 369 g/mol. The summed E-state index contributed by atoms with van der Waals surface area (Å²) in [4.78, 5) is 14.5. The molecule has 3 rings (SSSR count). The van der Waals surface area contributed by atoms with Crippen molar-refractivity contribution in [3.63, 3.8) is 0 Å². The van der Waals surface area contributed by atoms with Gasteiger partial charge < -0.3 is 25.4 Å². The van der Waals surface area contributed by atoms with E-state index in [-0.39, 0.29) is 5.91 Å². The minimum Gasteiger partial charge on any atom is -0.497 e. The molecule has 1 atom stereocenters. The zero-order chi connectivity index (χ0) is 19.2. The van der Waals surface area contributed by atoms with Crippen molar-refractivity contribution in [1.82, 2.24) is 5.32 Å². The first-order valence-electron chi connectivity index (χ1n) is 9.16. The highest BCUT2D eigenvalue weighted by atomic mass is 16.5. The number of anilines is 2. The lowest BCUT2D eigenvalue weighted by atomic mass is 10.1. The molecule has 6 nitrogen and oxygen atoms in total. The minimum absolute atomic E-state index is 0.0428. The third-order valence-corrected chi connectivity index (χ3v) is 4.92. The highest BCUT2D eigenvalue weighted by molar-refractivity contribution is 5.78. The first-order valence-corrected chi connectivity index (χ1v) is 9.16. The summed E-state index contributed by atoms with van der Waals surface area (Å²) in [7, 11) is 3.31. The van der Waals surface area contributed by atoms with Crippen LogP contribution in [0.2, 0.25) is 0 Å². The van der Waals surface area contributed by atoms with E-state index in [1.54, 1.807) is 14.2 Å². The van der Waals surface area contributed by atoms with Crippen molar-refractivity contribution in [3.05, 3.63) is 48.0 Å². The van der Waals surface area contributed by atoms with Gasteiger partial charge in [0.25, 0.3) is 0 Å². The normalized spacial score (nSPS) is 16.2. The molecule has 6 heteroatoms. The van der Waals surface area contributed by atoms with Crippen molar-refractivity contribution in [3.8, 4) is 11.5 Å². The number of ether oxygens (including phenoxy) is 2. The van der Waals surface area contributed by atoms with Crippen LogP contribution in [0.25, 0.3) is 0 Å². The molecular weight excluding hydrogens is 342 g/mol. The standard InChI is InChI=1S/C21H27N3O3/c1-26-19-10-18(11-20(12-19)27-2)24-8-7-16(14-24)13-23-21(25)9-15-3-5-17(22)6-4-15/h3-6,10-12,16H,7-9,13-14,22H2,1-2H3,(H,23,25). The van der Waals surface area contributed by atoms with Gasteiger partial charge in [-0.3, -0.25) is 4.79 Å². The van der Waals surface area contributed by atoms with E-state index in [2.05, 4.69) is 10.2 Å². The van der Waals surface area contributed by atoms with Crippen LogP contribution in [0, 0.1) is 5.92 Å². The van der Waals surface area contributed by atoms with Crippen LogP contribution in [-0.4, -0.2) is 39.8 Å². The molecule has 0 bridgehead atoms. The van der Waals surface area contributed by atoms with Gasteiger partial charge >= 0.3 is 0 Å². The molecule has 0 saturated carbocycles. The number of nitrogens with two attached hydrogens (primary N) is 1. The Kier molecular flexibility index (Phi) is 6.06. The molecule has 1 unspecified atom stereocenters. The van der Waals surface area contributed by atoms with Crippen LogP contribution in [-0.2, 0) is 11.2 Å². The number of nitrogen functional groups attached to an aromatic ring is 1. The van der Waals surface area contributed by atoms with E-state index in [9.17, 15) is 4.79 Å². The molecule has 0 aliphatic carbocycles. The average molecular weight is 369 g/mol. The number of rotatable bonds is 7. The topological polar surface area (TPSA) is 76.8 Å². The second-order valence-electron chi connectivity index (χ2n) is 6.89. The van der Waals surface area contributed by atoms with Gasteiger partial charge in [0.1, 0.15) is 11.5 Å². The third-order valence-electron chi connectivity index (χ3n) is 4.92. The number of amides is 1. The van der Waals surface area contributed by atoms with Gasteiger partial charge in [0.05, 0.1) is 20.6 Å². The summed E-state index contributed by atoms with van der Waals surface area (Å²) in [6.07, 6.45) is 1.42. The molecule has 3 N–H and O–H groups in total. The molecule has 1 aliphatic rings. The van der Waals surface area contributed by atoms with E-state index >= 15 is 0 Å². The second-order valence-corrected chi connectivity index (χ2v) is 6.89. The zero-order valence-electron chi connectivity index (χ0n) is 15.9. The predicted octanol–water partition coefficient (Wildman–Crippen LogP) is 2.47. The van der Waals surface area contributed by atoms with Crippen molar-refractivity contribution in [1.29, 1.82) is 0 Å². The summed E-state index contributed by atoms with van der Waals surface area (Å²) >= 11 is 0. The largest absolute Gasteiger partial charge is 0.497 e. The molecule has 2 aromatic rings. The van der Waals surface area contributed by atoms with E-state index in [1.807, 2.05) is 42.5 Å². The quantitative estimate of drug-likeness (QED) is 0.733. The number of benzene rings is 2. The number of nitrogens with one attached hydrogen (secondary N) is 1. The maximum Gasteiger partial charge on any atom is 0.224 e. The smallest absolute Gasteiger partial charge is 0.224 e. The van der Waals surface area contributed by atoms with Crippen LogP contribution >= 0.6 is 0 Å². The van der Waals surface area contributed by atoms with Crippen LogP contribution in [0.5, 0.6) is 11.5 Å². The molecule has 1 aliphatic heterocycles. The SMILES string of the molecule is COc1cc(OC)cc(N2CCC(CNC(=O)Cc3ccc(N)cc3)C2)c1. The molecule has 1 amide bonds. The summed E-state index contributed by atoms with van der Waals surface area (Å²) in [6, 6.07) is 13.3. The average Bonchev–Trinajstić information content (AvgIpc) is 3.17. The number of methoxy groups -OCH3 is 2. The number of carbonyl (C=O) groups is 1. The highest BCUT2D eigenvalue weighted by Gasteiger charge is 2.24. The van der Waals surface area contributed by atoms with Crippen molar-refractivity contribution in [2.24, 2.45) is 5.92 Å². The molecular formula is C21H27N3O3. The third kappa shape index (κ3) is 5.06. The van der Waals surface area contributed by atoms with Crippen LogP contribution < -0.4 is 25.4 Å². The van der Waals surface area contributed by atoms with Crippen LogP contribution in [0.4, 0.5) is 11.4 Å². The van der Waals surface area contributed by atoms with Crippen LogP contribution in [0.1, 0.15) is 12.0 Å². The fraction of sp³-hybridized carbons (Fsp3) is 0.381. The maximum absolute atomic E-state index is 12.2. The predicted molar refractivity (Wildman–Crippen MR) is 107 cm³/mol. The molecule has 144 valence electrons. The van der Waals surface area contributed by atoms with Crippen molar-refractivity contribution in [2.75, 3.05) is 44.5 Å². The molecule has 0 aromatic heterocycles. The summed E-state index contributed by atoms with van der Waals surface area (Å²) in [6.45, 7) is 2.54. The van der Waals surface area contributed by atoms with Crippen molar-refractivity contribution >= 4 is 17.3 Å². The van der Waals surface area contributed by atoms with Gasteiger partial charge in [0.2, 0.25) is 5.91 Å². The van der Waals surface area contributed by atoms with Gasteiger partial charge in [-0.25, -0.2) is 0 Å². The maximum atomic E-state index is 12.2. The summed E-state index contributed by atoms with van der Waals surface area (Å²) in [5.41, 5.74) is 8.44.